The zero-order chi connectivity index (χ0) is 16.9. The zero-order valence-corrected chi connectivity index (χ0v) is 15.3. The summed E-state index contributed by atoms with van der Waals surface area (Å²) in [7, 11) is 0. The van der Waals surface area contributed by atoms with Gasteiger partial charge in [-0.2, -0.15) is 0 Å². The third-order valence-corrected chi connectivity index (χ3v) is 6.02. The van der Waals surface area contributed by atoms with Gasteiger partial charge in [-0.25, -0.2) is 0 Å². The topological polar surface area (TPSA) is 23.6 Å². The molecule has 2 heterocycles. The summed E-state index contributed by atoms with van der Waals surface area (Å²) >= 11 is 0. The molecule has 3 atom stereocenters. The average Bonchev–Trinajstić information content (AvgIpc) is 2.72. The molecule has 3 unspecified atom stereocenters. The summed E-state index contributed by atoms with van der Waals surface area (Å²) in [5.74, 6) is 0.934. The molecule has 3 rings (SSSR count). The molecule has 2 fully saturated rings. The summed E-state index contributed by atoms with van der Waals surface area (Å²) in [6.07, 6.45) is 6.89. The minimum absolute atomic E-state index is 0.333. The van der Waals surface area contributed by atoms with Crippen molar-refractivity contribution in [3.63, 3.8) is 0 Å². The second kappa shape index (κ2) is 8.15. The lowest BCUT2D eigenvalue weighted by Crippen LogP contribution is -2.49. The number of hydrogen-bond donors (Lipinski definition) is 0. The van der Waals surface area contributed by atoms with Crippen LogP contribution in [0.3, 0.4) is 0 Å². The Labute approximate surface area is 147 Å². The summed E-state index contributed by atoms with van der Waals surface area (Å²) in [5.41, 5.74) is 1.44. The molecular weight excluding hydrogens is 296 g/mol. The monoisotopic (exact) mass is 328 g/mol. The van der Waals surface area contributed by atoms with Gasteiger partial charge in [0.1, 0.15) is 0 Å². The van der Waals surface area contributed by atoms with E-state index in [2.05, 4.69) is 47.1 Å². The van der Waals surface area contributed by atoms with Crippen LogP contribution in [0.1, 0.15) is 63.9 Å². The first-order chi connectivity index (χ1) is 11.7. The molecule has 0 aromatic heterocycles. The molecule has 3 nitrogen and oxygen atoms in total. The first kappa shape index (κ1) is 17.5. The first-order valence-corrected chi connectivity index (χ1v) is 9.77. The minimum Gasteiger partial charge on any atom is -0.341 e. The molecule has 132 valence electrons. The molecule has 0 spiro atoms. The van der Waals surface area contributed by atoms with E-state index >= 15 is 0 Å². The van der Waals surface area contributed by atoms with Crippen LogP contribution in [0.25, 0.3) is 0 Å². The zero-order valence-electron chi connectivity index (χ0n) is 15.3. The summed E-state index contributed by atoms with van der Waals surface area (Å²) in [6.45, 7) is 7.40. The van der Waals surface area contributed by atoms with Crippen molar-refractivity contribution in [2.45, 2.75) is 70.4 Å². The predicted molar refractivity (Wildman–Crippen MR) is 99.1 cm³/mol. The Balaban J connectivity index is 1.63. The Morgan fingerprint density at radius 2 is 1.92 bits per heavy atom. The van der Waals surface area contributed by atoms with Crippen LogP contribution in [0.4, 0.5) is 0 Å². The second-order valence-corrected chi connectivity index (χ2v) is 7.56. The number of carbonyl (C=O) groups is 1. The molecule has 2 aliphatic heterocycles. The first-order valence-electron chi connectivity index (χ1n) is 9.77. The SMILES string of the molecule is CCC(=O)N1CCC2CCCC(C1)N2CCC(C)c1ccccc1. The Morgan fingerprint density at radius 1 is 1.17 bits per heavy atom. The van der Waals surface area contributed by atoms with Gasteiger partial charge in [-0.15, -0.1) is 0 Å². The minimum atomic E-state index is 0.333. The molecule has 3 heteroatoms. The molecule has 1 aromatic rings. The number of nitrogens with zero attached hydrogens (tertiary/aromatic N) is 2. The van der Waals surface area contributed by atoms with E-state index in [1.807, 2.05) is 6.92 Å². The number of benzene rings is 1. The van der Waals surface area contributed by atoms with Crippen molar-refractivity contribution in [3.8, 4) is 0 Å². The Kier molecular flexibility index (Phi) is 5.94. The smallest absolute Gasteiger partial charge is 0.222 e. The van der Waals surface area contributed by atoms with Crippen LogP contribution in [-0.2, 0) is 4.79 Å². The van der Waals surface area contributed by atoms with Gasteiger partial charge >= 0.3 is 0 Å². The van der Waals surface area contributed by atoms with Crippen LogP contribution < -0.4 is 0 Å². The fraction of sp³-hybridized carbons (Fsp3) is 0.667. The molecule has 2 bridgehead atoms. The van der Waals surface area contributed by atoms with Crippen LogP contribution in [-0.4, -0.2) is 47.4 Å². The van der Waals surface area contributed by atoms with E-state index < -0.39 is 0 Å². The number of rotatable bonds is 5. The van der Waals surface area contributed by atoms with Gasteiger partial charge < -0.3 is 4.90 Å². The largest absolute Gasteiger partial charge is 0.341 e. The molecule has 0 aliphatic carbocycles. The lowest BCUT2D eigenvalue weighted by molar-refractivity contribution is -0.131. The van der Waals surface area contributed by atoms with Gasteiger partial charge in [0.25, 0.3) is 0 Å². The van der Waals surface area contributed by atoms with E-state index in [1.165, 1.54) is 37.8 Å². The van der Waals surface area contributed by atoms with E-state index in [9.17, 15) is 4.79 Å². The van der Waals surface area contributed by atoms with E-state index in [0.29, 0.717) is 30.3 Å². The molecular formula is C21H32N2O. The third-order valence-electron chi connectivity index (χ3n) is 6.02. The quantitative estimate of drug-likeness (QED) is 0.814. The summed E-state index contributed by atoms with van der Waals surface area (Å²) in [4.78, 5) is 17.0. The lowest BCUT2D eigenvalue weighted by Gasteiger charge is -2.41. The molecule has 1 amide bonds. The van der Waals surface area contributed by atoms with Crippen molar-refractivity contribution in [2.75, 3.05) is 19.6 Å². The molecule has 24 heavy (non-hydrogen) atoms. The van der Waals surface area contributed by atoms with E-state index in [0.717, 1.165) is 19.5 Å². The van der Waals surface area contributed by atoms with E-state index in [4.69, 9.17) is 0 Å². The van der Waals surface area contributed by atoms with Crippen molar-refractivity contribution in [1.29, 1.82) is 0 Å². The Morgan fingerprint density at radius 3 is 2.67 bits per heavy atom. The van der Waals surface area contributed by atoms with Gasteiger partial charge in [-0.3, -0.25) is 9.69 Å². The molecule has 2 saturated heterocycles. The van der Waals surface area contributed by atoms with Gasteiger partial charge in [-0.05, 0) is 43.7 Å². The van der Waals surface area contributed by atoms with E-state index in [-0.39, 0.29) is 0 Å². The summed E-state index contributed by atoms with van der Waals surface area (Å²) in [6, 6.07) is 12.1. The van der Waals surface area contributed by atoms with Crippen LogP contribution in [0.15, 0.2) is 30.3 Å². The summed E-state index contributed by atoms with van der Waals surface area (Å²) in [5, 5.41) is 0. The van der Waals surface area contributed by atoms with Gasteiger partial charge in [0, 0.05) is 31.6 Å². The van der Waals surface area contributed by atoms with Crippen LogP contribution in [0.2, 0.25) is 0 Å². The van der Waals surface area contributed by atoms with Crippen molar-refractivity contribution in [3.05, 3.63) is 35.9 Å². The molecule has 1 aromatic carbocycles. The number of fused-ring (bicyclic) bond motifs is 2. The normalized spacial score (nSPS) is 26.0. The highest BCUT2D eigenvalue weighted by molar-refractivity contribution is 5.75. The van der Waals surface area contributed by atoms with Gasteiger partial charge in [-0.1, -0.05) is 50.6 Å². The highest BCUT2D eigenvalue weighted by Gasteiger charge is 2.35. The fourth-order valence-electron chi connectivity index (χ4n) is 4.48. The summed E-state index contributed by atoms with van der Waals surface area (Å²) < 4.78 is 0. The molecule has 0 radical (unpaired) electrons. The Hall–Kier alpha value is -1.35. The maximum absolute atomic E-state index is 12.2. The van der Waals surface area contributed by atoms with Crippen molar-refractivity contribution >= 4 is 5.91 Å². The lowest BCUT2D eigenvalue weighted by atomic mass is 9.92. The third kappa shape index (κ3) is 4.00. The average molecular weight is 328 g/mol. The van der Waals surface area contributed by atoms with Crippen LogP contribution in [0.5, 0.6) is 0 Å². The maximum atomic E-state index is 12.2. The van der Waals surface area contributed by atoms with Gasteiger partial charge in [0.05, 0.1) is 0 Å². The Bertz CT molecular complexity index is 530. The van der Waals surface area contributed by atoms with Crippen molar-refractivity contribution < 1.29 is 4.79 Å². The molecule has 0 saturated carbocycles. The molecule has 2 aliphatic rings. The van der Waals surface area contributed by atoms with Gasteiger partial charge in [0.15, 0.2) is 0 Å². The van der Waals surface area contributed by atoms with Crippen LogP contribution >= 0.6 is 0 Å². The number of hydrogen-bond acceptors (Lipinski definition) is 2. The predicted octanol–water partition coefficient (Wildman–Crippen LogP) is 4.05. The molecule has 0 N–H and O–H groups in total. The van der Waals surface area contributed by atoms with Gasteiger partial charge in [0.2, 0.25) is 5.91 Å². The number of amides is 1. The van der Waals surface area contributed by atoms with Crippen molar-refractivity contribution in [1.82, 2.24) is 9.80 Å². The highest BCUT2D eigenvalue weighted by Crippen LogP contribution is 2.30. The van der Waals surface area contributed by atoms with Crippen LogP contribution in [0, 0.1) is 0 Å². The maximum Gasteiger partial charge on any atom is 0.222 e. The standard InChI is InChI=1S/C21H32N2O/c1-3-21(24)22-14-13-19-10-7-11-20(16-22)23(19)15-12-17(2)18-8-5-4-6-9-18/h4-6,8-9,17,19-20H,3,7,10-16H2,1-2H3. The number of piperidine rings is 1. The number of carbonyl (C=O) groups excluding carboxylic acids is 1. The van der Waals surface area contributed by atoms with E-state index in [1.54, 1.807) is 0 Å². The highest BCUT2D eigenvalue weighted by atomic mass is 16.2. The fourth-order valence-corrected chi connectivity index (χ4v) is 4.48. The second-order valence-electron chi connectivity index (χ2n) is 7.56. The van der Waals surface area contributed by atoms with Crippen molar-refractivity contribution in [2.24, 2.45) is 0 Å².